The fraction of sp³-hybridized carbons (Fsp3) is 0.333. The number of aromatic nitrogens is 6. The van der Waals surface area contributed by atoms with Crippen LogP contribution in [-0.4, -0.2) is 119 Å². The number of halogens is 6. The lowest BCUT2D eigenvalue weighted by atomic mass is 10.1. The minimum Gasteiger partial charge on any atom is -0.378 e. The third kappa shape index (κ3) is 12.2. The second-order valence-corrected chi connectivity index (χ2v) is 18.2. The van der Waals surface area contributed by atoms with Gasteiger partial charge in [-0.3, -0.25) is 31.3 Å². The van der Waals surface area contributed by atoms with Crippen molar-refractivity contribution < 1.29 is 41.0 Å². The van der Waals surface area contributed by atoms with E-state index in [1.54, 1.807) is 34.1 Å². The number of nitrogens with zero attached hydrogens (tertiary/aromatic N) is 10. The number of benzene rings is 2. The number of hydrogen-bond acceptors (Lipinski definition) is 19. The van der Waals surface area contributed by atoms with Crippen molar-refractivity contribution in [3.63, 3.8) is 0 Å². The number of pyridine rings is 2. The molecule has 4 fully saturated rings. The topological polar surface area (TPSA) is 227 Å². The van der Waals surface area contributed by atoms with Crippen LogP contribution in [0.3, 0.4) is 0 Å². The quantitative estimate of drug-likeness (QED) is 0.0434. The van der Waals surface area contributed by atoms with E-state index < -0.39 is 41.3 Å². The molecule has 0 spiro atoms. The Morgan fingerprint density at radius 1 is 0.653 bits per heavy atom. The zero-order chi connectivity index (χ0) is 52.1. The van der Waals surface area contributed by atoms with E-state index in [0.717, 1.165) is 43.1 Å². The van der Waals surface area contributed by atoms with Gasteiger partial charge in [0, 0.05) is 67.9 Å². The summed E-state index contributed by atoms with van der Waals surface area (Å²) >= 11 is 6.66. The molecule has 0 radical (unpaired) electrons. The zero-order valence-electron chi connectivity index (χ0n) is 39.8. The molecule has 8 heterocycles. The molecule has 4 aliphatic rings. The van der Waals surface area contributed by atoms with Gasteiger partial charge >= 0.3 is 6.18 Å². The Balaban J connectivity index is 0.733. The van der Waals surface area contributed by atoms with Crippen molar-refractivity contribution in [2.24, 2.45) is 0 Å². The highest BCUT2D eigenvalue weighted by atomic mass is 35.5. The van der Waals surface area contributed by atoms with E-state index in [2.05, 4.69) is 67.7 Å². The van der Waals surface area contributed by atoms with E-state index in [4.69, 9.17) is 21.1 Å². The Morgan fingerprint density at radius 2 is 1.24 bits per heavy atom. The van der Waals surface area contributed by atoms with Crippen LogP contribution in [-0.2, 0) is 15.7 Å². The van der Waals surface area contributed by atoms with Crippen molar-refractivity contribution >= 4 is 81.1 Å². The summed E-state index contributed by atoms with van der Waals surface area (Å²) in [6.45, 7) is 4.61. The average Bonchev–Trinajstić information content (AvgIpc) is 4.15. The fourth-order valence-electron chi connectivity index (χ4n) is 9.05. The minimum atomic E-state index is -4.54. The third-order valence-corrected chi connectivity index (χ3v) is 12.9. The average molecular weight is 1060 g/mol. The van der Waals surface area contributed by atoms with Crippen LogP contribution in [0.25, 0.3) is 0 Å². The Labute approximate surface area is 430 Å². The maximum atomic E-state index is 15.5. The lowest BCUT2D eigenvalue weighted by molar-refractivity contribution is -0.137. The van der Waals surface area contributed by atoms with Crippen LogP contribution in [0.4, 0.5) is 79.6 Å². The lowest BCUT2D eigenvalue weighted by Crippen LogP contribution is -2.53. The molecular weight excluding hydrogens is 1010 g/mol. The van der Waals surface area contributed by atoms with Crippen molar-refractivity contribution in [3.05, 3.63) is 119 Å². The lowest BCUT2D eigenvalue weighted by Gasteiger charge is -2.39. The molecule has 75 heavy (non-hydrogen) atoms. The maximum Gasteiger partial charge on any atom is 0.416 e. The number of hydrazine groups is 3. The highest BCUT2D eigenvalue weighted by Gasteiger charge is 2.37. The molecule has 392 valence electrons. The van der Waals surface area contributed by atoms with Gasteiger partial charge in [0.25, 0.3) is 11.8 Å². The minimum absolute atomic E-state index is 0.000638. The number of nitrogens with one attached hydrogen (secondary N) is 7. The van der Waals surface area contributed by atoms with Crippen LogP contribution in [0.5, 0.6) is 0 Å². The summed E-state index contributed by atoms with van der Waals surface area (Å²) in [5.41, 5.74) is 15.9. The number of alkyl halides is 3. The van der Waals surface area contributed by atoms with Crippen LogP contribution in [0.1, 0.15) is 45.8 Å². The number of hydrogen-bond donors (Lipinski definition) is 7. The molecule has 2 aromatic carbocycles. The molecule has 0 saturated carbocycles. The number of ether oxygens (including phenoxy) is 2. The van der Waals surface area contributed by atoms with Gasteiger partial charge < -0.3 is 39.8 Å². The first-order chi connectivity index (χ1) is 36.3. The highest BCUT2D eigenvalue weighted by molar-refractivity contribution is 6.31. The number of carbonyl (C=O) groups is 2. The first-order valence-corrected chi connectivity index (χ1v) is 24.3. The molecule has 4 aliphatic heterocycles. The van der Waals surface area contributed by atoms with E-state index >= 15 is 4.39 Å². The van der Waals surface area contributed by atoms with Gasteiger partial charge in [0.2, 0.25) is 11.9 Å². The van der Waals surface area contributed by atoms with Crippen LogP contribution in [0.2, 0.25) is 5.02 Å². The van der Waals surface area contributed by atoms with Crippen LogP contribution < -0.4 is 57.5 Å². The molecule has 4 aromatic heterocycles. The molecule has 10 rings (SSSR count). The molecule has 27 heteroatoms. The Kier molecular flexibility index (Phi) is 15.0. The number of amides is 2. The number of morpholine rings is 2. The molecule has 21 nitrogen and oxygen atoms in total. The van der Waals surface area contributed by atoms with Gasteiger partial charge in [-0.05, 0) is 79.9 Å². The predicted octanol–water partition coefficient (Wildman–Crippen LogP) is 6.43. The van der Waals surface area contributed by atoms with Gasteiger partial charge in [0.1, 0.15) is 11.4 Å². The summed E-state index contributed by atoms with van der Waals surface area (Å²) in [6, 6.07) is 15.1. The molecule has 6 aromatic rings. The zero-order valence-corrected chi connectivity index (χ0v) is 40.6. The number of carbonyl (C=O) groups excluding carboxylic acids is 2. The molecule has 2 unspecified atom stereocenters. The standard InChI is InChI=1S/C48H49ClF5N17O4/c49-29-19-33(61-31-4-6-39(56-24-31)44(72)64-66-46-57-25-36(50)42(62-46)69-11-14-74-15-12-69)22-35(20-29)71-40(7-8-59-71)41-27-70(13-16-75-41)43-37(51)26-58-47(63-43)67-65-45(73)38-5-3-30(23-55-38)60-32-17-28(48(52,53)54)18-34(21-32)68-9-1-2-10-68/h3-6,17-26,40-41,59-61H,1-2,7-16,27H2,(H,64,72)(H,65,73)(H,57,62,66)(H,58,63,67). The van der Waals surface area contributed by atoms with Crippen molar-refractivity contribution in [2.75, 3.05) is 107 Å². The van der Waals surface area contributed by atoms with Gasteiger partial charge in [0.05, 0.1) is 79.4 Å². The Morgan fingerprint density at radius 3 is 1.84 bits per heavy atom. The first-order valence-electron chi connectivity index (χ1n) is 23.9. The summed E-state index contributed by atoms with van der Waals surface area (Å²) in [6.07, 6.45) is 2.36. The van der Waals surface area contributed by atoms with Crippen molar-refractivity contribution in [3.8, 4) is 0 Å². The predicted molar refractivity (Wildman–Crippen MR) is 269 cm³/mol. The molecule has 0 aliphatic carbocycles. The second-order valence-electron chi connectivity index (χ2n) is 17.8. The normalized spacial score (nSPS) is 17.9. The van der Waals surface area contributed by atoms with Crippen molar-refractivity contribution in [1.29, 1.82) is 0 Å². The van der Waals surface area contributed by atoms with E-state index in [1.807, 2.05) is 16.0 Å². The Hall–Kier alpha value is -7.94. The molecule has 4 saturated heterocycles. The van der Waals surface area contributed by atoms with E-state index in [0.29, 0.717) is 86.7 Å². The first kappa shape index (κ1) is 50.6. The van der Waals surface area contributed by atoms with Crippen LogP contribution in [0.15, 0.2) is 85.5 Å². The smallest absolute Gasteiger partial charge is 0.378 e. The maximum absolute atomic E-state index is 15.5. The summed E-state index contributed by atoms with van der Waals surface area (Å²) in [7, 11) is 0. The van der Waals surface area contributed by atoms with E-state index in [1.165, 1.54) is 30.6 Å². The van der Waals surface area contributed by atoms with Crippen LogP contribution in [0, 0.1) is 11.6 Å². The number of rotatable bonds is 15. The number of anilines is 10. The Bertz CT molecular complexity index is 3010. The SMILES string of the molecule is O=C(NNc1ncc(F)c(N2CCOCC2)n1)c1ccc(Nc2cc(Cl)cc(N3NCCC3C3CN(c4nc(NNC(=O)c5ccc(Nc6cc(N7CCCC7)cc(C(F)(F)F)c6)cn5)ncc4F)CCO3)c2)cn1. The van der Waals surface area contributed by atoms with Gasteiger partial charge in [-0.15, -0.1) is 0 Å². The largest absolute Gasteiger partial charge is 0.416 e. The molecule has 7 N–H and O–H groups in total. The molecule has 2 amide bonds. The van der Waals surface area contributed by atoms with E-state index in [9.17, 15) is 27.2 Å². The molecule has 0 bridgehead atoms. The fourth-order valence-corrected chi connectivity index (χ4v) is 9.28. The van der Waals surface area contributed by atoms with Crippen molar-refractivity contribution in [2.45, 2.75) is 37.6 Å². The monoisotopic (exact) mass is 1060 g/mol. The van der Waals surface area contributed by atoms with Crippen LogP contribution >= 0.6 is 11.6 Å². The summed E-state index contributed by atoms with van der Waals surface area (Å²) in [5.74, 6) is -2.52. The summed E-state index contributed by atoms with van der Waals surface area (Å²) in [5, 5.41) is 8.64. The van der Waals surface area contributed by atoms with Gasteiger partial charge in [-0.1, -0.05) is 11.6 Å². The molecule has 2 atom stereocenters. The molecular formula is C48H49ClF5N17O4. The third-order valence-electron chi connectivity index (χ3n) is 12.7. The van der Waals surface area contributed by atoms with Gasteiger partial charge in [-0.25, -0.2) is 34.1 Å². The summed E-state index contributed by atoms with van der Waals surface area (Å²) in [4.78, 5) is 56.4. The highest BCUT2D eigenvalue weighted by Crippen LogP contribution is 2.37. The van der Waals surface area contributed by atoms with E-state index in [-0.39, 0.29) is 59.8 Å². The van der Waals surface area contributed by atoms with Crippen molar-refractivity contribution in [1.82, 2.24) is 46.2 Å². The van der Waals surface area contributed by atoms with Gasteiger partial charge in [-0.2, -0.15) is 23.1 Å². The second kappa shape index (κ2) is 22.3. The summed E-state index contributed by atoms with van der Waals surface area (Å²) < 4.78 is 82.9. The van der Waals surface area contributed by atoms with Gasteiger partial charge in [0.15, 0.2) is 23.3 Å².